The molecule has 1 aliphatic rings. The molecule has 2 N–H and O–H groups in total. The van der Waals surface area contributed by atoms with Crippen LogP contribution < -0.4 is 10.6 Å². The number of hydrogen-bond donors (Lipinski definition) is 2. The fourth-order valence-corrected chi connectivity index (χ4v) is 4.81. The summed E-state index contributed by atoms with van der Waals surface area (Å²) in [6.45, 7) is 10.6. The van der Waals surface area contributed by atoms with Gasteiger partial charge in [-0.2, -0.15) is 0 Å². The summed E-state index contributed by atoms with van der Waals surface area (Å²) in [7, 11) is -2.90. The van der Waals surface area contributed by atoms with E-state index in [0.29, 0.717) is 18.9 Å². The number of guanidine groups is 1. The van der Waals surface area contributed by atoms with Crippen molar-refractivity contribution in [2.45, 2.75) is 46.3 Å². The van der Waals surface area contributed by atoms with Crippen LogP contribution in [0.1, 0.15) is 38.3 Å². The molecule has 1 unspecified atom stereocenters. The lowest BCUT2D eigenvalue weighted by Crippen LogP contribution is -2.44. The molecule has 1 heterocycles. The number of nitrogens with one attached hydrogen (secondary N) is 2. The van der Waals surface area contributed by atoms with Crippen molar-refractivity contribution in [2.75, 3.05) is 31.1 Å². The van der Waals surface area contributed by atoms with Gasteiger partial charge in [-0.05, 0) is 37.6 Å². The lowest BCUT2D eigenvalue weighted by molar-refractivity contribution is 0.295. The molecule has 0 bridgehead atoms. The van der Waals surface area contributed by atoms with Crippen LogP contribution in [0, 0.1) is 0 Å². The van der Waals surface area contributed by atoms with E-state index in [9.17, 15) is 8.42 Å². The Morgan fingerprint density at radius 1 is 1.19 bits per heavy atom. The van der Waals surface area contributed by atoms with E-state index in [-0.39, 0.29) is 17.5 Å². The zero-order valence-corrected chi connectivity index (χ0v) is 17.0. The maximum atomic E-state index is 11.7. The fourth-order valence-electron chi connectivity index (χ4n) is 3.14. The molecule has 26 heavy (non-hydrogen) atoms. The van der Waals surface area contributed by atoms with Crippen LogP contribution in [0.3, 0.4) is 0 Å². The average molecular weight is 381 g/mol. The van der Waals surface area contributed by atoms with Gasteiger partial charge in [0.25, 0.3) is 0 Å². The van der Waals surface area contributed by atoms with Gasteiger partial charge >= 0.3 is 0 Å². The Balaban J connectivity index is 2.07. The normalized spacial score (nSPS) is 19.7. The second-order valence-electron chi connectivity index (χ2n) is 6.67. The maximum absolute atomic E-state index is 11.7. The Hall–Kier alpha value is -1.60. The summed E-state index contributed by atoms with van der Waals surface area (Å²) in [5.41, 5.74) is 2.50. The monoisotopic (exact) mass is 380 g/mol. The minimum Gasteiger partial charge on any atom is -0.357 e. The van der Waals surface area contributed by atoms with Gasteiger partial charge in [-0.3, -0.25) is 4.90 Å². The number of benzene rings is 1. The first-order valence-corrected chi connectivity index (χ1v) is 11.3. The van der Waals surface area contributed by atoms with E-state index in [4.69, 9.17) is 4.99 Å². The van der Waals surface area contributed by atoms with Crippen molar-refractivity contribution >= 4 is 15.8 Å². The molecule has 1 aromatic rings. The van der Waals surface area contributed by atoms with Gasteiger partial charge < -0.3 is 10.6 Å². The van der Waals surface area contributed by atoms with Crippen LogP contribution in [0.15, 0.2) is 29.3 Å². The fraction of sp³-hybridized carbons (Fsp3) is 0.632. The quantitative estimate of drug-likeness (QED) is 0.531. The zero-order chi connectivity index (χ0) is 19.0. The van der Waals surface area contributed by atoms with Crippen molar-refractivity contribution in [1.82, 2.24) is 15.5 Å². The first-order valence-electron chi connectivity index (χ1n) is 9.51. The second kappa shape index (κ2) is 9.92. The van der Waals surface area contributed by atoms with Crippen LogP contribution in [-0.2, 0) is 22.9 Å². The van der Waals surface area contributed by atoms with E-state index in [2.05, 4.69) is 47.6 Å². The molecule has 2 rings (SSSR count). The second-order valence-corrected chi connectivity index (χ2v) is 8.90. The van der Waals surface area contributed by atoms with Gasteiger partial charge in [-0.25, -0.2) is 13.4 Å². The Bertz CT molecular complexity index is 699. The van der Waals surface area contributed by atoms with Crippen molar-refractivity contribution in [3.63, 3.8) is 0 Å². The lowest BCUT2D eigenvalue weighted by Gasteiger charge is -2.20. The third-order valence-electron chi connectivity index (χ3n) is 4.73. The molecule has 1 fully saturated rings. The van der Waals surface area contributed by atoms with Crippen LogP contribution in [0.25, 0.3) is 0 Å². The van der Waals surface area contributed by atoms with Crippen molar-refractivity contribution in [2.24, 2.45) is 4.99 Å². The molecule has 0 radical (unpaired) electrons. The van der Waals surface area contributed by atoms with Crippen molar-refractivity contribution in [1.29, 1.82) is 0 Å². The first-order chi connectivity index (χ1) is 12.5. The highest BCUT2D eigenvalue weighted by atomic mass is 32.2. The van der Waals surface area contributed by atoms with E-state index < -0.39 is 9.84 Å². The highest BCUT2D eigenvalue weighted by Gasteiger charge is 2.28. The topological polar surface area (TPSA) is 73.8 Å². The number of aliphatic imine (C=N–C) groups is 1. The molecular formula is C19H32N4O2S. The van der Waals surface area contributed by atoms with Crippen LogP contribution >= 0.6 is 0 Å². The van der Waals surface area contributed by atoms with Gasteiger partial charge in [0.05, 0.1) is 18.1 Å². The number of hydrogen-bond acceptors (Lipinski definition) is 4. The average Bonchev–Trinajstić information content (AvgIpc) is 2.97. The molecule has 0 saturated carbocycles. The maximum Gasteiger partial charge on any atom is 0.191 e. The summed E-state index contributed by atoms with van der Waals surface area (Å²) in [4.78, 5) is 7.08. The van der Waals surface area contributed by atoms with E-state index in [1.807, 2.05) is 13.0 Å². The van der Waals surface area contributed by atoms with E-state index in [0.717, 1.165) is 26.2 Å². The summed E-state index contributed by atoms with van der Waals surface area (Å²) in [5.74, 6) is 1.14. The highest BCUT2D eigenvalue weighted by Crippen LogP contribution is 2.14. The molecule has 0 amide bonds. The third kappa shape index (κ3) is 6.29. The summed E-state index contributed by atoms with van der Waals surface area (Å²) < 4.78 is 23.3. The molecule has 7 heteroatoms. The Kier molecular flexibility index (Phi) is 7.90. The highest BCUT2D eigenvalue weighted by molar-refractivity contribution is 7.91. The number of nitrogens with zero attached hydrogens (tertiary/aromatic N) is 2. The third-order valence-corrected chi connectivity index (χ3v) is 6.50. The zero-order valence-electron chi connectivity index (χ0n) is 16.2. The van der Waals surface area contributed by atoms with Gasteiger partial charge in [0.15, 0.2) is 15.8 Å². The van der Waals surface area contributed by atoms with E-state index >= 15 is 0 Å². The predicted molar refractivity (Wildman–Crippen MR) is 108 cm³/mol. The molecule has 6 nitrogen and oxygen atoms in total. The molecule has 0 spiro atoms. The largest absolute Gasteiger partial charge is 0.357 e. The molecule has 1 saturated heterocycles. The SMILES string of the molecule is CCNC(=NCc1ccccc1CN(CC)CC)NC1CCS(=O)(=O)C1. The standard InChI is InChI=1S/C19H32N4O2S/c1-4-20-19(22-18-11-12-26(24,25)15-18)21-13-16-9-7-8-10-17(16)14-23(5-2)6-3/h7-10,18H,4-6,11-15H2,1-3H3,(H2,20,21,22). The van der Waals surface area contributed by atoms with Crippen molar-refractivity contribution < 1.29 is 8.42 Å². The summed E-state index contributed by atoms with van der Waals surface area (Å²) >= 11 is 0. The van der Waals surface area contributed by atoms with Crippen LogP contribution in [-0.4, -0.2) is 56.5 Å². The Morgan fingerprint density at radius 2 is 1.88 bits per heavy atom. The molecule has 1 atom stereocenters. The van der Waals surface area contributed by atoms with Crippen molar-refractivity contribution in [3.8, 4) is 0 Å². The molecular weight excluding hydrogens is 348 g/mol. The summed E-state index contributed by atoms with van der Waals surface area (Å²) in [6, 6.07) is 8.34. The van der Waals surface area contributed by atoms with Crippen LogP contribution in [0.2, 0.25) is 0 Å². The minimum atomic E-state index is -2.90. The minimum absolute atomic E-state index is 0.0521. The van der Waals surface area contributed by atoms with E-state index in [1.54, 1.807) is 0 Å². The first kappa shape index (κ1) is 20.7. The Morgan fingerprint density at radius 3 is 2.46 bits per heavy atom. The van der Waals surface area contributed by atoms with Gasteiger partial charge in [0, 0.05) is 19.1 Å². The molecule has 0 aliphatic carbocycles. The smallest absolute Gasteiger partial charge is 0.191 e. The van der Waals surface area contributed by atoms with Crippen LogP contribution in [0.4, 0.5) is 0 Å². The lowest BCUT2D eigenvalue weighted by atomic mass is 10.1. The van der Waals surface area contributed by atoms with Gasteiger partial charge in [-0.15, -0.1) is 0 Å². The van der Waals surface area contributed by atoms with Crippen molar-refractivity contribution in [3.05, 3.63) is 35.4 Å². The number of rotatable bonds is 8. The van der Waals surface area contributed by atoms with Gasteiger partial charge in [-0.1, -0.05) is 38.1 Å². The summed E-state index contributed by atoms with van der Waals surface area (Å²) in [6.07, 6.45) is 0.644. The summed E-state index contributed by atoms with van der Waals surface area (Å²) in [5, 5.41) is 6.50. The molecule has 0 aromatic heterocycles. The molecule has 1 aliphatic heterocycles. The van der Waals surface area contributed by atoms with Crippen LogP contribution in [0.5, 0.6) is 0 Å². The number of sulfone groups is 1. The van der Waals surface area contributed by atoms with Gasteiger partial charge in [0.2, 0.25) is 0 Å². The predicted octanol–water partition coefficient (Wildman–Crippen LogP) is 1.77. The van der Waals surface area contributed by atoms with E-state index in [1.165, 1.54) is 11.1 Å². The Labute approximate surface area is 158 Å². The molecule has 1 aromatic carbocycles. The van der Waals surface area contributed by atoms with Gasteiger partial charge in [0.1, 0.15) is 0 Å². The molecule has 146 valence electrons.